The molecule has 0 aliphatic carbocycles. The first-order chi connectivity index (χ1) is 9.71. The first kappa shape index (κ1) is 16.8. The number of rotatable bonds is 9. The topological polar surface area (TPSA) is 44.8 Å². The molecule has 0 saturated carbocycles. The Morgan fingerprint density at radius 2 is 1.90 bits per heavy atom. The van der Waals surface area contributed by atoms with Gasteiger partial charge in [0.1, 0.15) is 12.4 Å². The van der Waals surface area contributed by atoms with Gasteiger partial charge >= 0.3 is 5.97 Å². The summed E-state index contributed by atoms with van der Waals surface area (Å²) in [5, 5.41) is 0. The van der Waals surface area contributed by atoms with E-state index in [1.807, 2.05) is 31.2 Å². The van der Waals surface area contributed by atoms with Gasteiger partial charge in [0.15, 0.2) is 6.10 Å². The van der Waals surface area contributed by atoms with Crippen molar-refractivity contribution in [3.63, 3.8) is 0 Å². The molecule has 0 N–H and O–H groups in total. The average Bonchev–Trinajstić information content (AvgIpc) is 2.46. The van der Waals surface area contributed by atoms with E-state index in [-0.39, 0.29) is 5.97 Å². The molecule has 1 atom stereocenters. The number of carbonyl (C=O) groups excluding carboxylic acids is 1. The van der Waals surface area contributed by atoms with E-state index < -0.39 is 6.10 Å². The highest BCUT2D eigenvalue weighted by Crippen LogP contribution is 2.15. The highest BCUT2D eigenvalue weighted by atomic mass is 35.5. The molecule has 1 aromatic rings. The van der Waals surface area contributed by atoms with Crippen LogP contribution in [0.25, 0.3) is 0 Å². The molecule has 0 amide bonds. The fourth-order valence-electron chi connectivity index (χ4n) is 1.74. The number of hydrogen-bond acceptors (Lipinski definition) is 4. The molecule has 1 aromatic carbocycles. The average molecular weight is 301 g/mol. The first-order valence-electron chi connectivity index (χ1n) is 6.77. The smallest absolute Gasteiger partial charge is 0.335 e. The van der Waals surface area contributed by atoms with E-state index >= 15 is 0 Å². The zero-order chi connectivity index (χ0) is 14.8. The second kappa shape index (κ2) is 9.61. The van der Waals surface area contributed by atoms with E-state index in [0.29, 0.717) is 32.1 Å². The Balaban J connectivity index is 2.61. The minimum Gasteiger partial charge on any atom is -0.492 e. The molecular weight excluding hydrogens is 280 g/mol. The SMILES string of the molecule is CCOC(=O)C(Cc1ccc(OCCCl)cc1)OCC. The molecule has 0 spiro atoms. The van der Waals surface area contributed by atoms with Crippen LogP contribution in [0.2, 0.25) is 0 Å². The van der Waals surface area contributed by atoms with Gasteiger partial charge < -0.3 is 14.2 Å². The summed E-state index contributed by atoms with van der Waals surface area (Å²) >= 11 is 5.56. The molecule has 20 heavy (non-hydrogen) atoms. The van der Waals surface area contributed by atoms with Gasteiger partial charge in [-0.05, 0) is 31.5 Å². The Kier molecular flexibility index (Phi) is 8.07. The lowest BCUT2D eigenvalue weighted by atomic mass is 10.1. The number of alkyl halides is 1. The molecule has 0 aliphatic heterocycles. The Bertz CT molecular complexity index is 391. The Morgan fingerprint density at radius 1 is 1.20 bits per heavy atom. The number of hydrogen-bond donors (Lipinski definition) is 0. The Labute approximate surface area is 125 Å². The molecule has 1 unspecified atom stereocenters. The molecule has 0 fully saturated rings. The molecule has 1 rings (SSSR count). The predicted octanol–water partition coefficient (Wildman–Crippen LogP) is 2.81. The van der Waals surface area contributed by atoms with Gasteiger partial charge in [0.05, 0.1) is 12.5 Å². The van der Waals surface area contributed by atoms with E-state index in [0.717, 1.165) is 11.3 Å². The van der Waals surface area contributed by atoms with Crippen LogP contribution >= 0.6 is 11.6 Å². The van der Waals surface area contributed by atoms with Crippen LogP contribution in [0.1, 0.15) is 19.4 Å². The van der Waals surface area contributed by atoms with Crippen LogP contribution in [0.5, 0.6) is 5.75 Å². The van der Waals surface area contributed by atoms with Crippen LogP contribution < -0.4 is 4.74 Å². The fourth-order valence-corrected chi connectivity index (χ4v) is 1.82. The molecule has 0 aliphatic rings. The summed E-state index contributed by atoms with van der Waals surface area (Å²) in [4.78, 5) is 11.8. The maximum absolute atomic E-state index is 11.8. The van der Waals surface area contributed by atoms with Crippen LogP contribution in [0, 0.1) is 0 Å². The van der Waals surface area contributed by atoms with E-state index in [9.17, 15) is 4.79 Å². The van der Waals surface area contributed by atoms with Gasteiger partial charge in [0, 0.05) is 13.0 Å². The van der Waals surface area contributed by atoms with Crippen molar-refractivity contribution in [3.05, 3.63) is 29.8 Å². The molecule has 0 bridgehead atoms. The van der Waals surface area contributed by atoms with Gasteiger partial charge in [-0.3, -0.25) is 0 Å². The van der Waals surface area contributed by atoms with Crippen molar-refractivity contribution in [2.45, 2.75) is 26.4 Å². The Hall–Kier alpha value is -1.26. The van der Waals surface area contributed by atoms with E-state index in [1.54, 1.807) is 6.92 Å². The van der Waals surface area contributed by atoms with Crippen LogP contribution in [0.15, 0.2) is 24.3 Å². The standard InChI is InChI=1S/C15H21ClO4/c1-3-18-14(15(17)19-4-2)11-12-5-7-13(8-6-12)20-10-9-16/h5-8,14H,3-4,9-11H2,1-2H3. The van der Waals surface area contributed by atoms with Gasteiger partial charge in [-0.1, -0.05) is 12.1 Å². The summed E-state index contributed by atoms with van der Waals surface area (Å²) in [6, 6.07) is 7.54. The zero-order valence-electron chi connectivity index (χ0n) is 11.9. The van der Waals surface area contributed by atoms with E-state index in [1.165, 1.54) is 0 Å². The van der Waals surface area contributed by atoms with Gasteiger partial charge in [-0.25, -0.2) is 4.79 Å². The van der Waals surface area contributed by atoms with Crippen molar-refractivity contribution in [2.75, 3.05) is 25.7 Å². The summed E-state index contributed by atoms with van der Waals surface area (Å²) in [5.74, 6) is 0.895. The largest absolute Gasteiger partial charge is 0.492 e. The van der Waals surface area contributed by atoms with Crippen molar-refractivity contribution >= 4 is 17.6 Å². The summed E-state index contributed by atoms with van der Waals surface area (Å²) in [6.45, 7) is 4.94. The van der Waals surface area contributed by atoms with Crippen molar-refractivity contribution in [1.82, 2.24) is 0 Å². The van der Waals surface area contributed by atoms with Crippen molar-refractivity contribution < 1.29 is 19.0 Å². The predicted molar refractivity (Wildman–Crippen MR) is 78.4 cm³/mol. The van der Waals surface area contributed by atoms with E-state index in [2.05, 4.69) is 0 Å². The van der Waals surface area contributed by atoms with Crippen LogP contribution in [-0.2, 0) is 20.7 Å². The Morgan fingerprint density at radius 3 is 2.45 bits per heavy atom. The summed E-state index contributed by atoms with van der Waals surface area (Å²) in [5.41, 5.74) is 0.995. The van der Waals surface area contributed by atoms with Crippen LogP contribution in [-0.4, -0.2) is 37.8 Å². The van der Waals surface area contributed by atoms with Gasteiger partial charge in [0.2, 0.25) is 0 Å². The van der Waals surface area contributed by atoms with Crippen LogP contribution in [0.3, 0.4) is 0 Å². The van der Waals surface area contributed by atoms with Crippen molar-refractivity contribution in [2.24, 2.45) is 0 Å². The first-order valence-corrected chi connectivity index (χ1v) is 7.30. The maximum Gasteiger partial charge on any atom is 0.335 e. The third-order valence-corrected chi connectivity index (χ3v) is 2.76. The van der Waals surface area contributed by atoms with Gasteiger partial charge in [0.25, 0.3) is 0 Å². The highest BCUT2D eigenvalue weighted by molar-refractivity contribution is 6.18. The molecule has 112 valence electrons. The number of carbonyl (C=O) groups is 1. The van der Waals surface area contributed by atoms with E-state index in [4.69, 9.17) is 25.8 Å². The number of esters is 1. The second-order valence-corrected chi connectivity index (χ2v) is 4.46. The summed E-state index contributed by atoms with van der Waals surface area (Å²) < 4.78 is 15.8. The third kappa shape index (κ3) is 5.80. The summed E-state index contributed by atoms with van der Waals surface area (Å²) in [6.07, 6.45) is -0.0720. The monoisotopic (exact) mass is 300 g/mol. The van der Waals surface area contributed by atoms with Crippen molar-refractivity contribution in [1.29, 1.82) is 0 Å². The number of ether oxygens (including phenoxy) is 3. The minimum atomic E-state index is -0.561. The lowest BCUT2D eigenvalue weighted by molar-refractivity contribution is -0.156. The zero-order valence-corrected chi connectivity index (χ0v) is 12.7. The molecule has 0 saturated heterocycles. The maximum atomic E-state index is 11.8. The molecular formula is C15H21ClO4. The quantitative estimate of drug-likeness (QED) is 0.520. The third-order valence-electron chi connectivity index (χ3n) is 2.61. The number of benzene rings is 1. The van der Waals surface area contributed by atoms with Crippen LogP contribution in [0.4, 0.5) is 0 Å². The molecule has 0 radical (unpaired) electrons. The fraction of sp³-hybridized carbons (Fsp3) is 0.533. The normalized spacial score (nSPS) is 11.9. The van der Waals surface area contributed by atoms with Crippen molar-refractivity contribution in [3.8, 4) is 5.75 Å². The molecule has 0 heterocycles. The molecule has 0 aromatic heterocycles. The minimum absolute atomic E-state index is 0.322. The van der Waals surface area contributed by atoms with Gasteiger partial charge in [-0.2, -0.15) is 0 Å². The highest BCUT2D eigenvalue weighted by Gasteiger charge is 2.20. The second-order valence-electron chi connectivity index (χ2n) is 4.08. The molecule has 5 heteroatoms. The molecule has 4 nitrogen and oxygen atoms in total. The summed E-state index contributed by atoms with van der Waals surface area (Å²) in [7, 11) is 0. The lowest BCUT2D eigenvalue weighted by Gasteiger charge is -2.15. The van der Waals surface area contributed by atoms with Gasteiger partial charge in [-0.15, -0.1) is 11.6 Å². The number of halogens is 1. The lowest BCUT2D eigenvalue weighted by Crippen LogP contribution is -2.28.